The molecule has 1 aliphatic heterocycles. The van der Waals surface area contributed by atoms with Crippen molar-refractivity contribution in [1.29, 1.82) is 0 Å². The van der Waals surface area contributed by atoms with Crippen LogP contribution < -0.4 is 9.72 Å². The molecule has 6 bridgehead atoms. The second kappa shape index (κ2) is 15.7. The van der Waals surface area contributed by atoms with Crippen molar-refractivity contribution in [2.75, 3.05) is 0 Å². The van der Waals surface area contributed by atoms with E-state index in [1.807, 2.05) is 42.6 Å². The summed E-state index contributed by atoms with van der Waals surface area (Å²) >= 11 is 0. The van der Waals surface area contributed by atoms with Crippen molar-refractivity contribution in [3.05, 3.63) is 146 Å². The van der Waals surface area contributed by atoms with Crippen molar-refractivity contribution in [2.45, 2.75) is 113 Å². The third-order valence-electron chi connectivity index (χ3n) is 13.9. The number of aromatic amines is 1. The SMILES string of the molecule is O=C1CCc2cc(c(O)c(OC3CCCC3)c2)Cc2cccc(c2)C2CCC([N-]c3[nH]ccc32)C2=Cc3[n-]ccc3C(CC3(O)C=Cc4c(O)cccc4CC3)C2C(=O)C1. The molecule has 5 atom stereocenters. The van der Waals surface area contributed by atoms with Crippen LogP contribution in [0.3, 0.4) is 0 Å². The number of hydrogen-bond acceptors (Lipinski definition) is 6. The number of aryl methyl sites for hydroxylation is 2. The summed E-state index contributed by atoms with van der Waals surface area (Å²) in [5.74, 6) is 0.0351. The Morgan fingerprint density at radius 1 is 0.850 bits per heavy atom. The summed E-state index contributed by atoms with van der Waals surface area (Å²) in [6.45, 7) is 0. The van der Waals surface area contributed by atoms with Crippen molar-refractivity contribution in [2.24, 2.45) is 5.92 Å². The highest BCUT2D eigenvalue weighted by Gasteiger charge is 2.43. The Hall–Kier alpha value is -5.80. The topological polar surface area (TPSA) is 148 Å². The summed E-state index contributed by atoms with van der Waals surface area (Å²) in [5, 5.41) is 40.1. The van der Waals surface area contributed by atoms with Gasteiger partial charge in [-0.2, -0.15) is 6.20 Å². The average molecular weight is 802 g/mol. The highest BCUT2D eigenvalue weighted by atomic mass is 16.5. The quantitative estimate of drug-likeness (QED) is 0.132. The van der Waals surface area contributed by atoms with Gasteiger partial charge in [0.05, 0.1) is 18.1 Å². The number of benzene rings is 3. The number of rotatable bonds is 4. The van der Waals surface area contributed by atoms with Crippen LogP contribution in [0.15, 0.2) is 90.8 Å². The Morgan fingerprint density at radius 2 is 1.72 bits per heavy atom. The zero-order chi connectivity index (χ0) is 41.0. The molecule has 1 fully saturated rings. The molecule has 0 saturated heterocycles. The number of aromatic nitrogens is 2. The Bertz CT molecular complexity index is 2520. The molecule has 3 heterocycles. The molecule has 4 N–H and O–H groups in total. The van der Waals surface area contributed by atoms with E-state index in [0.717, 1.165) is 88.1 Å². The van der Waals surface area contributed by atoms with Gasteiger partial charge in [0.2, 0.25) is 0 Å². The van der Waals surface area contributed by atoms with Crippen LogP contribution in [0.5, 0.6) is 17.2 Å². The van der Waals surface area contributed by atoms with Gasteiger partial charge in [-0.25, -0.2) is 0 Å². The van der Waals surface area contributed by atoms with Crippen LogP contribution in [0.2, 0.25) is 0 Å². The first kappa shape index (κ1) is 38.4. The Morgan fingerprint density at radius 3 is 2.60 bits per heavy atom. The second-order valence-corrected chi connectivity index (χ2v) is 17.8. The van der Waals surface area contributed by atoms with E-state index in [1.54, 1.807) is 24.4 Å². The molecule has 308 valence electrons. The van der Waals surface area contributed by atoms with Crippen LogP contribution in [0.4, 0.5) is 5.82 Å². The molecule has 0 amide bonds. The summed E-state index contributed by atoms with van der Waals surface area (Å²) in [5.41, 5.74) is 7.79. The van der Waals surface area contributed by atoms with Gasteiger partial charge in [-0.05, 0) is 116 Å². The standard InChI is InChI=1S/C51H51N3O6/c55-35-12-11-31-25-34(49(58)47(26-31)60-36-8-1-2-9-36)24-30-5-3-7-33(23-30)37-13-14-43(54-50-40(37)18-22-53-50)41-28-44-39(17-21-52-44)42(48(41)46(57)27-35)29-51(59)19-15-32-6-4-10-45(56)38(32)16-20-51/h3-7,10,16-18,20-23,25-26,28,36-37,42-43,48,53,56,58-59H,1-2,8-9,11-15,19,24,27,29H2/q-2. The number of aromatic hydroxyl groups is 2. The number of hydrogen-bond donors (Lipinski definition) is 4. The first-order valence-electron chi connectivity index (χ1n) is 21.8. The summed E-state index contributed by atoms with van der Waals surface area (Å²) in [4.78, 5) is 37.3. The van der Waals surface area contributed by atoms with E-state index >= 15 is 4.79 Å². The fourth-order valence-corrected chi connectivity index (χ4v) is 10.8. The van der Waals surface area contributed by atoms with E-state index in [1.165, 1.54) is 0 Å². The molecule has 5 aliphatic rings. The number of aliphatic hydroxyl groups is 1. The van der Waals surface area contributed by atoms with Gasteiger partial charge >= 0.3 is 0 Å². The van der Waals surface area contributed by atoms with Crippen molar-refractivity contribution in [3.8, 4) is 17.2 Å². The molecule has 10 rings (SSSR count). The number of nitrogens with zero attached hydrogens (tertiary/aromatic N) is 2. The maximum absolute atomic E-state index is 15.1. The Kier molecular flexibility index (Phi) is 10.0. The molecule has 4 aliphatic carbocycles. The molecular weight excluding hydrogens is 751 g/mol. The molecular formula is C51H51N3O6-2. The number of H-pyrrole nitrogens is 1. The number of phenols is 2. The molecule has 2 aromatic heterocycles. The van der Waals surface area contributed by atoms with Crippen LogP contribution in [0.25, 0.3) is 17.5 Å². The predicted molar refractivity (Wildman–Crippen MR) is 231 cm³/mol. The maximum atomic E-state index is 15.1. The highest BCUT2D eigenvalue weighted by Crippen LogP contribution is 2.51. The molecule has 60 heavy (non-hydrogen) atoms. The van der Waals surface area contributed by atoms with Crippen molar-refractivity contribution >= 4 is 29.5 Å². The number of carbonyl (C=O) groups is 2. The van der Waals surface area contributed by atoms with Crippen LogP contribution in [-0.2, 0) is 28.9 Å². The molecule has 0 radical (unpaired) electrons. The normalized spacial score (nSPS) is 25.4. The van der Waals surface area contributed by atoms with E-state index in [-0.39, 0.29) is 60.4 Å². The minimum atomic E-state index is -1.30. The van der Waals surface area contributed by atoms with E-state index in [0.29, 0.717) is 43.4 Å². The lowest BCUT2D eigenvalue weighted by Crippen LogP contribution is -2.38. The number of ether oxygens (including phenoxy) is 1. The Labute approximate surface area is 350 Å². The van der Waals surface area contributed by atoms with Gasteiger partial charge in [0, 0.05) is 35.8 Å². The van der Waals surface area contributed by atoms with E-state index in [2.05, 4.69) is 35.3 Å². The lowest BCUT2D eigenvalue weighted by atomic mass is 9.67. The molecule has 5 aromatic rings. The maximum Gasteiger partial charge on any atom is 0.161 e. The summed E-state index contributed by atoms with van der Waals surface area (Å²) in [7, 11) is 0. The zero-order valence-electron chi connectivity index (χ0n) is 33.8. The molecule has 5 unspecified atom stereocenters. The Balaban J connectivity index is 1.05. The largest absolute Gasteiger partial charge is 0.664 e. The number of ketones is 2. The minimum Gasteiger partial charge on any atom is -0.664 e. The fraction of sp³-hybridized carbons (Fsp3) is 0.373. The zero-order valence-corrected chi connectivity index (χ0v) is 33.8. The first-order valence-corrected chi connectivity index (χ1v) is 21.8. The van der Waals surface area contributed by atoms with Crippen molar-refractivity contribution in [1.82, 2.24) is 9.97 Å². The van der Waals surface area contributed by atoms with Crippen LogP contribution in [-0.4, -0.2) is 49.6 Å². The number of carbonyl (C=O) groups excluding carboxylic acids is 2. The monoisotopic (exact) mass is 801 g/mol. The van der Waals surface area contributed by atoms with E-state index in [4.69, 9.17) is 15.0 Å². The van der Waals surface area contributed by atoms with Crippen LogP contribution in [0.1, 0.15) is 126 Å². The molecule has 0 spiro atoms. The van der Waals surface area contributed by atoms with Gasteiger partial charge in [0.25, 0.3) is 0 Å². The van der Waals surface area contributed by atoms with Gasteiger partial charge in [-0.15, -0.1) is 5.69 Å². The van der Waals surface area contributed by atoms with Crippen LogP contribution in [0, 0.1) is 5.92 Å². The highest BCUT2D eigenvalue weighted by molar-refractivity contribution is 6.02. The van der Waals surface area contributed by atoms with Gasteiger partial charge < -0.3 is 35.3 Å². The number of nitrogens with one attached hydrogen (secondary N) is 1. The van der Waals surface area contributed by atoms with Gasteiger partial charge in [0.15, 0.2) is 11.5 Å². The minimum absolute atomic E-state index is 0.0261. The lowest BCUT2D eigenvalue weighted by Gasteiger charge is -2.42. The number of phenolic OH excluding ortho intramolecular Hbond substituents is 2. The van der Waals surface area contributed by atoms with E-state index in [9.17, 15) is 20.1 Å². The smallest absolute Gasteiger partial charge is 0.161 e. The predicted octanol–water partition coefficient (Wildman–Crippen LogP) is 9.65. The van der Waals surface area contributed by atoms with E-state index < -0.39 is 17.4 Å². The molecule has 3 aromatic carbocycles. The van der Waals surface area contributed by atoms with Gasteiger partial charge in [-0.3, -0.25) is 9.59 Å². The molecule has 9 heteroatoms. The number of Topliss-reactive ketones (excluding diaryl/α,β-unsaturated/α-hetero) is 2. The second-order valence-electron chi connectivity index (χ2n) is 17.8. The van der Waals surface area contributed by atoms with Crippen molar-refractivity contribution in [3.63, 3.8) is 0 Å². The van der Waals surface area contributed by atoms with Gasteiger partial charge in [-0.1, -0.05) is 96.0 Å². The summed E-state index contributed by atoms with van der Waals surface area (Å²) in [6.07, 6.45) is 16.9. The fourth-order valence-electron chi connectivity index (χ4n) is 10.8. The van der Waals surface area contributed by atoms with Crippen molar-refractivity contribution < 1.29 is 29.6 Å². The van der Waals surface area contributed by atoms with Crippen LogP contribution >= 0.6 is 0 Å². The van der Waals surface area contributed by atoms with Gasteiger partial charge in [0.1, 0.15) is 17.3 Å². The molecule has 9 nitrogen and oxygen atoms in total. The third kappa shape index (κ3) is 7.38. The average Bonchev–Trinajstić information content (AvgIpc) is 4.00. The third-order valence-corrected chi connectivity index (χ3v) is 13.9. The first-order chi connectivity index (χ1) is 29.2. The molecule has 1 saturated carbocycles. The lowest BCUT2D eigenvalue weighted by molar-refractivity contribution is -0.129. The number of fused-ring (bicyclic) bond motifs is 14. The summed E-state index contributed by atoms with van der Waals surface area (Å²) in [6, 6.07) is 21.6. The summed E-state index contributed by atoms with van der Waals surface area (Å²) < 4.78 is 6.43.